The number of nitrogens with one attached hydrogen (secondary N) is 1. The summed E-state index contributed by atoms with van der Waals surface area (Å²) in [4.78, 5) is 14.6. The fourth-order valence-corrected chi connectivity index (χ4v) is 4.97. The van der Waals surface area contributed by atoms with Crippen molar-refractivity contribution in [2.24, 2.45) is 0 Å². The third kappa shape index (κ3) is 4.09. The molecule has 0 bridgehead atoms. The molecule has 2 aromatic heterocycles. The van der Waals surface area contributed by atoms with Gasteiger partial charge in [-0.1, -0.05) is 11.2 Å². The van der Waals surface area contributed by atoms with E-state index in [1.807, 2.05) is 31.2 Å². The molecule has 1 N–H and O–H groups in total. The van der Waals surface area contributed by atoms with Crippen LogP contribution in [0.25, 0.3) is 21.9 Å². The van der Waals surface area contributed by atoms with E-state index in [1.54, 1.807) is 14.2 Å². The minimum Gasteiger partial charge on any atom is -0.496 e. The Morgan fingerprint density at radius 2 is 2.03 bits per heavy atom. The first kappa shape index (κ1) is 21.5. The molecule has 0 atom stereocenters. The molecule has 1 aliphatic rings. The lowest BCUT2D eigenvalue weighted by Crippen LogP contribution is -2.35. The predicted molar refractivity (Wildman–Crippen MR) is 129 cm³/mol. The Labute approximate surface area is 193 Å². The highest BCUT2D eigenvalue weighted by atomic mass is 16.5. The lowest BCUT2D eigenvalue weighted by Gasteiger charge is -2.33. The van der Waals surface area contributed by atoms with Gasteiger partial charge in [0.05, 0.1) is 12.8 Å². The van der Waals surface area contributed by atoms with Gasteiger partial charge in [0.2, 0.25) is 0 Å². The molecule has 3 heterocycles. The topological polar surface area (TPSA) is 72.5 Å². The molecule has 1 fully saturated rings. The smallest absolute Gasteiger partial charge is 0.251 e. The van der Waals surface area contributed by atoms with E-state index in [0.717, 1.165) is 66.8 Å². The number of aromatic nitrogens is 2. The maximum absolute atomic E-state index is 12.1. The van der Waals surface area contributed by atoms with Crippen LogP contribution in [0.15, 0.2) is 47.1 Å². The number of carbonyl (C=O) groups is 1. The molecule has 0 spiro atoms. The van der Waals surface area contributed by atoms with Gasteiger partial charge in [0, 0.05) is 61.5 Å². The minimum atomic E-state index is -0.0468. The number of amides is 1. The molecule has 7 nitrogen and oxygen atoms in total. The van der Waals surface area contributed by atoms with Crippen LogP contribution in [0.2, 0.25) is 0 Å². The van der Waals surface area contributed by atoms with Crippen LogP contribution in [0.4, 0.5) is 0 Å². The number of carbonyl (C=O) groups excluding carboxylic acids is 1. The number of fused-ring (bicyclic) bond motifs is 2. The Bertz CT molecular complexity index is 1300. The number of ether oxygens (including phenoxy) is 1. The normalized spacial score (nSPS) is 15.4. The Morgan fingerprint density at radius 3 is 2.79 bits per heavy atom. The Kier molecular flexibility index (Phi) is 5.81. The van der Waals surface area contributed by atoms with E-state index in [4.69, 9.17) is 9.26 Å². The molecule has 0 radical (unpaired) electrons. The first-order valence-corrected chi connectivity index (χ1v) is 11.6. The van der Waals surface area contributed by atoms with E-state index in [1.165, 1.54) is 10.9 Å². The third-order valence-electron chi connectivity index (χ3n) is 6.91. The first-order valence-electron chi connectivity index (χ1n) is 11.6. The second kappa shape index (κ2) is 8.90. The second-order valence-corrected chi connectivity index (χ2v) is 8.83. The zero-order valence-electron chi connectivity index (χ0n) is 19.4. The molecular formula is C26H30N4O3. The van der Waals surface area contributed by atoms with Gasteiger partial charge in [0.1, 0.15) is 5.75 Å². The summed E-state index contributed by atoms with van der Waals surface area (Å²) < 4.78 is 13.3. The van der Waals surface area contributed by atoms with E-state index in [2.05, 4.69) is 38.3 Å². The van der Waals surface area contributed by atoms with Crippen molar-refractivity contribution >= 4 is 27.8 Å². The maximum Gasteiger partial charge on any atom is 0.251 e. The quantitative estimate of drug-likeness (QED) is 0.477. The molecule has 1 amide bonds. The van der Waals surface area contributed by atoms with Crippen LogP contribution in [-0.4, -0.2) is 54.3 Å². The highest BCUT2D eigenvalue weighted by molar-refractivity contribution is 5.97. The summed E-state index contributed by atoms with van der Waals surface area (Å²) in [5.41, 5.74) is 4.71. The van der Waals surface area contributed by atoms with Gasteiger partial charge in [-0.05, 0) is 61.4 Å². The SMILES string of the molecule is CNC(=O)c1ccc2ccn(C3CCN(CCc4cc5c(C)noc5cc4OC)CC3)c2c1. The molecule has 0 aliphatic carbocycles. The highest BCUT2D eigenvalue weighted by Crippen LogP contribution is 2.31. The average molecular weight is 447 g/mol. The number of aryl methyl sites for hydroxylation is 1. The van der Waals surface area contributed by atoms with E-state index >= 15 is 0 Å². The molecule has 7 heteroatoms. The average Bonchev–Trinajstić information content (AvgIpc) is 3.44. The number of hydrogen-bond acceptors (Lipinski definition) is 5. The van der Waals surface area contributed by atoms with Crippen molar-refractivity contribution in [1.82, 2.24) is 19.9 Å². The van der Waals surface area contributed by atoms with Crippen molar-refractivity contribution in [2.75, 3.05) is 33.8 Å². The summed E-state index contributed by atoms with van der Waals surface area (Å²) >= 11 is 0. The molecule has 1 aliphatic heterocycles. The fraction of sp³-hybridized carbons (Fsp3) is 0.385. The summed E-state index contributed by atoms with van der Waals surface area (Å²) in [5.74, 6) is 0.814. The lowest BCUT2D eigenvalue weighted by molar-refractivity contribution is 0.0963. The third-order valence-corrected chi connectivity index (χ3v) is 6.91. The van der Waals surface area contributed by atoms with Crippen LogP contribution in [-0.2, 0) is 6.42 Å². The number of benzene rings is 2. The first-order chi connectivity index (χ1) is 16.1. The summed E-state index contributed by atoms with van der Waals surface area (Å²) in [5, 5.41) is 9.02. The summed E-state index contributed by atoms with van der Waals surface area (Å²) in [6.45, 7) is 5.06. The monoisotopic (exact) mass is 446 g/mol. The summed E-state index contributed by atoms with van der Waals surface area (Å²) in [6.07, 6.45) is 5.28. The summed E-state index contributed by atoms with van der Waals surface area (Å²) in [6, 6.07) is 12.6. The van der Waals surface area contributed by atoms with Crippen LogP contribution in [0.3, 0.4) is 0 Å². The zero-order chi connectivity index (χ0) is 22.9. The number of methoxy groups -OCH3 is 1. The maximum atomic E-state index is 12.1. The molecule has 2 aromatic carbocycles. The van der Waals surface area contributed by atoms with Crippen molar-refractivity contribution in [2.45, 2.75) is 32.2 Å². The molecule has 0 unspecified atom stereocenters. The molecule has 1 saturated heterocycles. The molecular weight excluding hydrogens is 416 g/mol. The zero-order valence-corrected chi connectivity index (χ0v) is 19.4. The van der Waals surface area contributed by atoms with Crippen LogP contribution < -0.4 is 10.1 Å². The molecule has 172 valence electrons. The van der Waals surface area contributed by atoms with Crippen LogP contribution in [0, 0.1) is 6.92 Å². The second-order valence-electron chi connectivity index (χ2n) is 8.83. The highest BCUT2D eigenvalue weighted by Gasteiger charge is 2.22. The predicted octanol–water partition coefficient (Wildman–Crippen LogP) is 4.34. The van der Waals surface area contributed by atoms with E-state index < -0.39 is 0 Å². The fourth-order valence-electron chi connectivity index (χ4n) is 4.97. The van der Waals surface area contributed by atoms with Crippen molar-refractivity contribution in [3.05, 3.63) is 59.4 Å². The standard InChI is InChI=1S/C26H30N4O3/c1-17-22-14-19(24(32-3)16-25(22)33-28-17)6-10-29-11-8-21(9-12-29)30-13-7-18-4-5-20(15-23(18)30)26(31)27-2/h4-5,7,13-16,21H,6,8-12H2,1-3H3,(H,27,31). The van der Waals surface area contributed by atoms with E-state index in [0.29, 0.717) is 11.6 Å². The Hall–Kier alpha value is -3.32. The van der Waals surface area contributed by atoms with Gasteiger partial charge in [-0.2, -0.15) is 0 Å². The molecule has 5 rings (SSSR count). The van der Waals surface area contributed by atoms with E-state index in [-0.39, 0.29) is 5.91 Å². The molecule has 33 heavy (non-hydrogen) atoms. The van der Waals surface area contributed by atoms with Crippen LogP contribution in [0.5, 0.6) is 5.75 Å². The van der Waals surface area contributed by atoms with Gasteiger partial charge in [0.25, 0.3) is 5.91 Å². The number of nitrogens with zero attached hydrogens (tertiary/aromatic N) is 3. The minimum absolute atomic E-state index is 0.0468. The van der Waals surface area contributed by atoms with Gasteiger partial charge >= 0.3 is 0 Å². The van der Waals surface area contributed by atoms with Crippen molar-refractivity contribution in [3.63, 3.8) is 0 Å². The number of likely N-dealkylation sites (tertiary alicyclic amines) is 1. The van der Waals surface area contributed by atoms with Gasteiger partial charge in [-0.15, -0.1) is 0 Å². The number of piperidine rings is 1. The van der Waals surface area contributed by atoms with E-state index in [9.17, 15) is 4.79 Å². The summed E-state index contributed by atoms with van der Waals surface area (Å²) in [7, 11) is 3.37. The van der Waals surface area contributed by atoms with Crippen LogP contribution >= 0.6 is 0 Å². The van der Waals surface area contributed by atoms with Gasteiger partial charge in [-0.25, -0.2) is 0 Å². The van der Waals surface area contributed by atoms with Gasteiger partial charge < -0.3 is 24.0 Å². The number of hydrogen-bond donors (Lipinski definition) is 1. The van der Waals surface area contributed by atoms with Crippen LogP contribution in [0.1, 0.15) is 40.5 Å². The van der Waals surface area contributed by atoms with Gasteiger partial charge in [-0.3, -0.25) is 4.79 Å². The van der Waals surface area contributed by atoms with Crippen molar-refractivity contribution in [1.29, 1.82) is 0 Å². The van der Waals surface area contributed by atoms with Gasteiger partial charge in [0.15, 0.2) is 5.58 Å². The largest absolute Gasteiger partial charge is 0.496 e. The Balaban J connectivity index is 1.25. The van der Waals surface area contributed by atoms with Crippen molar-refractivity contribution < 1.29 is 14.1 Å². The van der Waals surface area contributed by atoms with Crippen molar-refractivity contribution in [3.8, 4) is 5.75 Å². The Morgan fingerprint density at radius 1 is 1.21 bits per heavy atom. The lowest BCUT2D eigenvalue weighted by atomic mass is 10.0. The number of rotatable bonds is 6. The molecule has 0 saturated carbocycles. The molecule has 4 aromatic rings.